The molecule has 3 rings (SSSR count). The van der Waals surface area contributed by atoms with E-state index in [1.807, 2.05) is 0 Å². The Balaban J connectivity index is 1.92. The Morgan fingerprint density at radius 1 is 0.864 bits per heavy atom. The van der Waals surface area contributed by atoms with Crippen molar-refractivity contribution in [2.45, 2.75) is 12.5 Å². The molecule has 5 nitrogen and oxygen atoms in total. The van der Waals surface area contributed by atoms with E-state index in [1.54, 1.807) is 36.4 Å². The second-order valence-corrected chi connectivity index (χ2v) is 5.07. The number of esters is 1. The van der Waals surface area contributed by atoms with Gasteiger partial charge in [-0.2, -0.15) is 0 Å². The molecule has 1 heterocycles. The average molecular weight is 298 g/mol. The van der Waals surface area contributed by atoms with Crippen molar-refractivity contribution in [2.24, 2.45) is 0 Å². The van der Waals surface area contributed by atoms with Gasteiger partial charge in [-0.1, -0.05) is 24.3 Å². The molecule has 0 saturated carbocycles. The number of carbonyl (C=O) groups is 1. The molecule has 0 spiro atoms. The minimum absolute atomic E-state index is 0.101. The molecule has 112 valence electrons. The summed E-state index contributed by atoms with van der Waals surface area (Å²) in [5.41, 5.74) is 1.88. The lowest BCUT2D eigenvalue weighted by atomic mass is 9.95. The van der Waals surface area contributed by atoms with Gasteiger partial charge in [0.1, 0.15) is 17.6 Å². The smallest absolute Gasteiger partial charge is 0.374 e. The molecule has 5 heteroatoms. The molecule has 2 aromatic rings. The third kappa shape index (κ3) is 2.61. The monoisotopic (exact) mass is 298 g/mol. The number of hydrogen-bond donors (Lipinski definition) is 3. The van der Waals surface area contributed by atoms with Gasteiger partial charge in [-0.05, 0) is 35.4 Å². The van der Waals surface area contributed by atoms with Gasteiger partial charge < -0.3 is 20.1 Å². The molecule has 0 aromatic heterocycles. The zero-order valence-corrected chi connectivity index (χ0v) is 11.6. The number of phenolic OH excluding ortho intramolecular Hbond substituents is 2. The molecule has 0 radical (unpaired) electrons. The van der Waals surface area contributed by atoms with E-state index in [4.69, 9.17) is 4.74 Å². The lowest BCUT2D eigenvalue weighted by Crippen LogP contribution is -2.14. The maximum Gasteiger partial charge on any atom is 0.374 e. The Labute approximate surface area is 126 Å². The zero-order valence-electron chi connectivity index (χ0n) is 11.6. The van der Waals surface area contributed by atoms with E-state index in [-0.39, 0.29) is 11.5 Å². The number of aliphatic hydroxyl groups is 1. The highest BCUT2D eigenvalue weighted by molar-refractivity contribution is 6.00. The highest BCUT2D eigenvalue weighted by Crippen LogP contribution is 2.33. The Morgan fingerprint density at radius 2 is 1.41 bits per heavy atom. The van der Waals surface area contributed by atoms with Crippen molar-refractivity contribution in [3.63, 3.8) is 0 Å². The van der Waals surface area contributed by atoms with Crippen LogP contribution in [0.15, 0.2) is 54.3 Å². The third-order valence-corrected chi connectivity index (χ3v) is 3.56. The van der Waals surface area contributed by atoms with Gasteiger partial charge in [0.2, 0.25) is 5.76 Å². The fourth-order valence-corrected chi connectivity index (χ4v) is 2.46. The number of carbonyl (C=O) groups excluding carboxylic acids is 1. The second kappa shape index (κ2) is 5.44. The number of aliphatic hydroxyl groups excluding tert-OH is 1. The first-order valence-electron chi connectivity index (χ1n) is 6.76. The molecule has 22 heavy (non-hydrogen) atoms. The summed E-state index contributed by atoms with van der Waals surface area (Å²) in [6.45, 7) is 0. The fourth-order valence-electron chi connectivity index (χ4n) is 2.46. The molecule has 0 unspecified atom stereocenters. The number of ether oxygens (including phenoxy) is 1. The zero-order chi connectivity index (χ0) is 15.7. The summed E-state index contributed by atoms with van der Waals surface area (Å²) < 4.78 is 5.22. The van der Waals surface area contributed by atoms with Crippen LogP contribution in [-0.4, -0.2) is 27.4 Å². The van der Waals surface area contributed by atoms with Crippen LogP contribution in [-0.2, 0) is 16.0 Å². The van der Waals surface area contributed by atoms with Gasteiger partial charge in [0.15, 0.2) is 0 Å². The lowest BCUT2D eigenvalue weighted by molar-refractivity contribution is -0.141. The number of cyclic esters (lactones) is 1. The van der Waals surface area contributed by atoms with Crippen molar-refractivity contribution in [3.05, 3.63) is 65.4 Å². The number of aromatic hydroxyl groups is 2. The minimum atomic E-state index is -0.758. The number of benzene rings is 2. The van der Waals surface area contributed by atoms with Crippen LogP contribution in [0.4, 0.5) is 0 Å². The first-order chi connectivity index (χ1) is 10.5. The lowest BCUT2D eigenvalue weighted by Gasteiger charge is -2.14. The van der Waals surface area contributed by atoms with Crippen molar-refractivity contribution in [1.29, 1.82) is 0 Å². The van der Waals surface area contributed by atoms with E-state index >= 15 is 0 Å². The number of hydrogen-bond acceptors (Lipinski definition) is 5. The molecular formula is C17H14O5. The van der Waals surface area contributed by atoms with Gasteiger partial charge in [0.25, 0.3) is 0 Å². The van der Waals surface area contributed by atoms with Crippen LogP contribution in [0.25, 0.3) is 5.57 Å². The molecule has 0 saturated heterocycles. The van der Waals surface area contributed by atoms with Crippen LogP contribution in [0, 0.1) is 0 Å². The van der Waals surface area contributed by atoms with Gasteiger partial charge >= 0.3 is 5.97 Å². The molecule has 0 amide bonds. The highest BCUT2D eigenvalue weighted by Gasteiger charge is 2.35. The normalized spacial score (nSPS) is 17.6. The Morgan fingerprint density at radius 3 is 2.00 bits per heavy atom. The molecule has 2 aromatic carbocycles. The van der Waals surface area contributed by atoms with Crippen LogP contribution < -0.4 is 0 Å². The molecule has 1 aliphatic heterocycles. The number of phenols is 2. The van der Waals surface area contributed by atoms with Gasteiger partial charge in [-0.25, -0.2) is 4.79 Å². The first-order valence-corrected chi connectivity index (χ1v) is 6.76. The summed E-state index contributed by atoms with van der Waals surface area (Å²) in [6, 6.07) is 12.8. The predicted molar refractivity (Wildman–Crippen MR) is 79.3 cm³/mol. The average Bonchev–Trinajstić information content (AvgIpc) is 2.77. The van der Waals surface area contributed by atoms with Crippen molar-refractivity contribution in [3.8, 4) is 11.5 Å². The first kappa shape index (κ1) is 14.0. The van der Waals surface area contributed by atoms with Gasteiger partial charge in [0.05, 0.1) is 0 Å². The van der Waals surface area contributed by atoms with E-state index in [1.165, 1.54) is 12.1 Å². The van der Waals surface area contributed by atoms with Gasteiger partial charge in [-0.15, -0.1) is 0 Å². The molecule has 3 N–H and O–H groups in total. The molecular weight excluding hydrogens is 284 g/mol. The van der Waals surface area contributed by atoms with Crippen molar-refractivity contribution in [1.82, 2.24) is 0 Å². The van der Waals surface area contributed by atoms with Crippen LogP contribution in [0.2, 0.25) is 0 Å². The Kier molecular flexibility index (Phi) is 3.47. The summed E-state index contributed by atoms with van der Waals surface area (Å²) in [7, 11) is 0. The fraction of sp³-hybridized carbons (Fsp3) is 0.118. The van der Waals surface area contributed by atoms with Crippen LogP contribution in [0.3, 0.4) is 0 Å². The second-order valence-electron chi connectivity index (χ2n) is 5.07. The summed E-state index contributed by atoms with van der Waals surface area (Å²) >= 11 is 0. The highest BCUT2D eigenvalue weighted by atomic mass is 16.6. The summed E-state index contributed by atoms with van der Waals surface area (Å²) in [5.74, 6) is -0.908. The molecule has 0 bridgehead atoms. The van der Waals surface area contributed by atoms with Crippen molar-refractivity contribution >= 4 is 11.5 Å². The molecule has 0 fully saturated rings. The number of rotatable bonds is 3. The molecule has 1 atom stereocenters. The van der Waals surface area contributed by atoms with Gasteiger partial charge in [0, 0.05) is 12.0 Å². The third-order valence-electron chi connectivity index (χ3n) is 3.56. The van der Waals surface area contributed by atoms with Crippen molar-refractivity contribution in [2.75, 3.05) is 0 Å². The molecule has 0 aliphatic carbocycles. The maximum absolute atomic E-state index is 11.7. The van der Waals surface area contributed by atoms with Crippen LogP contribution >= 0.6 is 0 Å². The largest absolute Gasteiger partial charge is 0.508 e. The van der Waals surface area contributed by atoms with Crippen LogP contribution in [0.1, 0.15) is 11.1 Å². The van der Waals surface area contributed by atoms with Crippen LogP contribution in [0.5, 0.6) is 11.5 Å². The van der Waals surface area contributed by atoms with E-state index in [9.17, 15) is 20.1 Å². The van der Waals surface area contributed by atoms with E-state index in [0.29, 0.717) is 17.6 Å². The van der Waals surface area contributed by atoms with E-state index in [2.05, 4.69) is 0 Å². The topological polar surface area (TPSA) is 87.0 Å². The van der Waals surface area contributed by atoms with E-state index in [0.717, 1.165) is 5.56 Å². The summed E-state index contributed by atoms with van der Waals surface area (Å²) in [6.07, 6.45) is -0.228. The van der Waals surface area contributed by atoms with Crippen molar-refractivity contribution < 1.29 is 24.9 Å². The predicted octanol–water partition coefficient (Wildman–Crippen LogP) is 2.54. The quantitative estimate of drug-likeness (QED) is 0.758. The minimum Gasteiger partial charge on any atom is -0.508 e. The Bertz CT molecular complexity index is 729. The standard InChI is InChI=1S/C17H14O5/c18-12-5-1-10(2-6-12)9-14-15(16(20)17(21)22-14)11-3-7-13(19)8-4-11/h1-8,14,18-20H,9H2/t14-/m1/s1. The van der Waals surface area contributed by atoms with Gasteiger partial charge in [-0.3, -0.25) is 0 Å². The van der Waals surface area contributed by atoms with E-state index < -0.39 is 17.8 Å². The summed E-state index contributed by atoms with van der Waals surface area (Å²) in [5, 5.41) is 28.6. The molecule has 1 aliphatic rings. The summed E-state index contributed by atoms with van der Waals surface area (Å²) in [4.78, 5) is 11.7. The maximum atomic E-state index is 11.7. The Hall–Kier alpha value is -2.95. The SMILES string of the molecule is O=C1O[C@H](Cc2ccc(O)cc2)C(c2ccc(O)cc2)=C1O.